The fraction of sp³-hybridized carbons (Fsp3) is 0.364. The first-order valence-corrected chi connectivity index (χ1v) is 12.4. The number of hydrogen-bond acceptors (Lipinski definition) is 5. The van der Waals surface area contributed by atoms with E-state index >= 15 is 0 Å². The maximum atomic E-state index is 12.9. The van der Waals surface area contributed by atoms with E-state index in [0.29, 0.717) is 23.8 Å². The van der Waals surface area contributed by atoms with Gasteiger partial charge in [0.2, 0.25) is 10.0 Å². The number of sulfonamides is 1. The number of rotatable bonds is 4. The van der Waals surface area contributed by atoms with Crippen LogP contribution in [0, 0.1) is 13.8 Å². The summed E-state index contributed by atoms with van der Waals surface area (Å²) in [6, 6.07) is 10.2. The van der Waals surface area contributed by atoms with Crippen molar-refractivity contribution in [2.45, 2.75) is 44.4 Å². The first-order valence-electron chi connectivity index (χ1n) is 10.1. The fourth-order valence-electron chi connectivity index (χ4n) is 3.81. The second-order valence-corrected chi connectivity index (χ2v) is 10.7. The Bertz CT molecular complexity index is 1180. The van der Waals surface area contributed by atoms with Crippen molar-refractivity contribution in [1.29, 1.82) is 0 Å². The summed E-state index contributed by atoms with van der Waals surface area (Å²) in [6.45, 7) is 5.16. The number of aryl methyl sites for hydroxylation is 2. The highest BCUT2D eigenvalue weighted by Gasteiger charge is 2.25. The van der Waals surface area contributed by atoms with E-state index in [2.05, 4.69) is 16.4 Å². The minimum atomic E-state index is -3.52. The van der Waals surface area contributed by atoms with E-state index in [4.69, 9.17) is 0 Å². The van der Waals surface area contributed by atoms with Gasteiger partial charge in [0.15, 0.2) is 5.13 Å². The van der Waals surface area contributed by atoms with Crippen LogP contribution in [-0.2, 0) is 10.0 Å². The molecule has 158 valence electrons. The number of hydrogen-bond donors (Lipinski definition) is 1. The Hall–Kier alpha value is -2.29. The number of carbonyl (C=O) groups is 1. The lowest BCUT2D eigenvalue weighted by Crippen LogP contribution is -2.31. The quantitative estimate of drug-likeness (QED) is 0.632. The lowest BCUT2D eigenvalue weighted by Gasteiger charge is -2.20. The molecule has 3 aromatic rings. The number of aromatic nitrogens is 1. The monoisotopic (exact) mass is 443 g/mol. The highest BCUT2D eigenvalue weighted by Crippen LogP contribution is 2.30. The molecule has 1 aliphatic rings. The minimum absolute atomic E-state index is 0.229. The van der Waals surface area contributed by atoms with Crippen LogP contribution in [0.15, 0.2) is 41.3 Å². The normalized spacial score (nSPS) is 15.8. The largest absolute Gasteiger partial charge is 0.298 e. The number of nitrogens with zero attached hydrogens (tertiary/aromatic N) is 2. The number of carbonyl (C=O) groups excluding carboxylic acids is 1. The Morgan fingerprint density at radius 3 is 2.37 bits per heavy atom. The predicted octanol–water partition coefficient (Wildman–Crippen LogP) is 4.73. The van der Waals surface area contributed by atoms with Gasteiger partial charge in [-0.3, -0.25) is 10.1 Å². The van der Waals surface area contributed by atoms with Crippen LogP contribution >= 0.6 is 11.3 Å². The topological polar surface area (TPSA) is 79.4 Å². The van der Waals surface area contributed by atoms with Crippen molar-refractivity contribution in [2.24, 2.45) is 0 Å². The Labute approximate surface area is 181 Å². The maximum absolute atomic E-state index is 12.9. The summed E-state index contributed by atoms with van der Waals surface area (Å²) in [5.41, 5.74) is 3.53. The molecule has 1 fully saturated rings. The maximum Gasteiger partial charge on any atom is 0.257 e. The standard InChI is InChI=1S/C22H25N3O3S2/c1-15-13-16(2)20-19(14-15)23-22(29-20)24-21(26)17-7-9-18(10-8-17)30(27,28)25-11-5-3-4-6-12-25/h7-10,13-14H,3-6,11-12H2,1-2H3,(H,23,24,26). The second-order valence-electron chi connectivity index (χ2n) is 7.75. The van der Waals surface area contributed by atoms with Crippen molar-refractivity contribution < 1.29 is 13.2 Å². The molecule has 8 heteroatoms. The lowest BCUT2D eigenvalue weighted by atomic mass is 10.1. The van der Waals surface area contributed by atoms with E-state index in [-0.39, 0.29) is 10.8 Å². The van der Waals surface area contributed by atoms with Gasteiger partial charge in [0.05, 0.1) is 15.1 Å². The molecule has 4 rings (SSSR count). The summed E-state index contributed by atoms with van der Waals surface area (Å²) in [4.78, 5) is 17.4. The van der Waals surface area contributed by atoms with Crippen LogP contribution in [0.4, 0.5) is 5.13 Å². The van der Waals surface area contributed by atoms with Crippen molar-refractivity contribution in [2.75, 3.05) is 18.4 Å². The number of thiazole rings is 1. The van der Waals surface area contributed by atoms with E-state index < -0.39 is 10.0 Å². The molecule has 1 saturated heterocycles. The zero-order valence-corrected chi connectivity index (χ0v) is 18.8. The second kappa shape index (κ2) is 8.45. The fourth-order valence-corrected chi connectivity index (χ4v) is 6.24. The highest BCUT2D eigenvalue weighted by atomic mass is 32.2. The first kappa shape index (κ1) is 21.0. The van der Waals surface area contributed by atoms with Gasteiger partial charge in [0.25, 0.3) is 5.91 Å². The number of fused-ring (bicyclic) bond motifs is 1. The van der Waals surface area contributed by atoms with Crippen LogP contribution in [0.5, 0.6) is 0 Å². The first-order chi connectivity index (χ1) is 14.3. The smallest absolute Gasteiger partial charge is 0.257 e. The number of amides is 1. The molecule has 1 amide bonds. The highest BCUT2D eigenvalue weighted by molar-refractivity contribution is 7.89. The van der Waals surface area contributed by atoms with Crippen LogP contribution in [0.1, 0.15) is 47.2 Å². The van der Waals surface area contributed by atoms with Crippen molar-refractivity contribution in [1.82, 2.24) is 9.29 Å². The van der Waals surface area contributed by atoms with Crippen LogP contribution in [-0.4, -0.2) is 36.7 Å². The SMILES string of the molecule is Cc1cc(C)c2sc(NC(=O)c3ccc(S(=O)(=O)N4CCCCCC4)cc3)nc2c1. The number of nitrogens with one attached hydrogen (secondary N) is 1. The average molecular weight is 444 g/mol. The molecule has 30 heavy (non-hydrogen) atoms. The van der Waals surface area contributed by atoms with Crippen molar-refractivity contribution in [3.05, 3.63) is 53.1 Å². The Balaban J connectivity index is 1.51. The zero-order valence-electron chi connectivity index (χ0n) is 17.1. The summed E-state index contributed by atoms with van der Waals surface area (Å²) in [7, 11) is -3.52. The number of anilines is 1. The van der Waals surface area contributed by atoms with Crippen LogP contribution in [0.2, 0.25) is 0 Å². The van der Waals surface area contributed by atoms with E-state index in [1.165, 1.54) is 23.5 Å². The van der Waals surface area contributed by atoms with Gasteiger partial charge in [0, 0.05) is 18.7 Å². The average Bonchev–Trinajstić information content (AvgIpc) is 2.92. The molecule has 6 nitrogen and oxygen atoms in total. The van der Waals surface area contributed by atoms with Crippen LogP contribution in [0.3, 0.4) is 0 Å². The minimum Gasteiger partial charge on any atom is -0.298 e. The van der Waals surface area contributed by atoms with Gasteiger partial charge in [0.1, 0.15) is 0 Å². The molecule has 0 radical (unpaired) electrons. The third-order valence-corrected chi connectivity index (χ3v) is 8.39. The molecule has 1 aliphatic heterocycles. The summed E-state index contributed by atoms with van der Waals surface area (Å²) in [5, 5.41) is 3.37. The molecule has 0 bridgehead atoms. The summed E-state index contributed by atoms with van der Waals surface area (Å²) < 4.78 is 28.4. The summed E-state index contributed by atoms with van der Waals surface area (Å²) in [6.07, 6.45) is 3.91. The third kappa shape index (κ3) is 4.26. The summed E-state index contributed by atoms with van der Waals surface area (Å²) >= 11 is 1.44. The number of benzene rings is 2. The third-order valence-electron chi connectivity index (χ3n) is 5.36. The molecule has 0 unspecified atom stereocenters. The van der Waals surface area contributed by atoms with Gasteiger partial charge in [-0.2, -0.15) is 4.31 Å². The molecule has 0 saturated carbocycles. The molecular weight excluding hydrogens is 418 g/mol. The summed E-state index contributed by atoms with van der Waals surface area (Å²) in [5.74, 6) is -0.304. The van der Waals surface area contributed by atoms with Crippen molar-refractivity contribution in [3.63, 3.8) is 0 Å². The lowest BCUT2D eigenvalue weighted by molar-refractivity contribution is 0.102. The van der Waals surface area contributed by atoms with Crippen molar-refractivity contribution in [3.8, 4) is 0 Å². The van der Waals surface area contributed by atoms with Gasteiger partial charge < -0.3 is 0 Å². The molecule has 1 N–H and O–H groups in total. The Morgan fingerprint density at radius 1 is 1.03 bits per heavy atom. The molecular formula is C22H25N3O3S2. The van der Waals surface area contributed by atoms with E-state index in [1.54, 1.807) is 16.4 Å². The van der Waals surface area contributed by atoms with Gasteiger partial charge in [-0.25, -0.2) is 13.4 Å². The van der Waals surface area contributed by atoms with Gasteiger partial charge in [-0.05, 0) is 68.1 Å². The van der Waals surface area contributed by atoms with E-state index in [1.807, 2.05) is 19.9 Å². The van der Waals surface area contributed by atoms with Gasteiger partial charge in [-0.1, -0.05) is 30.2 Å². The molecule has 2 aromatic carbocycles. The molecule has 1 aromatic heterocycles. The van der Waals surface area contributed by atoms with Gasteiger partial charge in [-0.15, -0.1) is 0 Å². The van der Waals surface area contributed by atoms with Crippen molar-refractivity contribution >= 4 is 42.6 Å². The molecule has 0 aliphatic carbocycles. The van der Waals surface area contributed by atoms with Gasteiger partial charge >= 0.3 is 0 Å². The van der Waals surface area contributed by atoms with E-state index in [9.17, 15) is 13.2 Å². The Morgan fingerprint density at radius 2 is 1.70 bits per heavy atom. The van der Waals surface area contributed by atoms with E-state index in [0.717, 1.165) is 47.0 Å². The molecule has 0 atom stereocenters. The molecule has 0 spiro atoms. The van der Waals surface area contributed by atoms with Crippen LogP contribution in [0.25, 0.3) is 10.2 Å². The molecule has 2 heterocycles. The van der Waals surface area contributed by atoms with Crippen LogP contribution < -0.4 is 5.32 Å². The Kier molecular flexibility index (Phi) is 5.90. The zero-order chi connectivity index (χ0) is 21.3. The predicted molar refractivity (Wildman–Crippen MR) is 121 cm³/mol.